The lowest BCUT2D eigenvalue weighted by Crippen LogP contribution is -2.41. The third kappa shape index (κ3) is 4.22. The Morgan fingerprint density at radius 1 is 0.974 bits per heavy atom. The Morgan fingerprint density at radius 3 is 2.50 bits per heavy atom. The van der Waals surface area contributed by atoms with Gasteiger partial charge in [0.2, 0.25) is 0 Å². The van der Waals surface area contributed by atoms with E-state index in [0.717, 1.165) is 45.3 Å². The monoisotopic (exact) mass is 503 g/mol. The number of aryl methyl sites for hydroxylation is 1. The van der Waals surface area contributed by atoms with E-state index < -0.39 is 0 Å². The van der Waals surface area contributed by atoms with Crippen molar-refractivity contribution in [2.24, 2.45) is 0 Å². The van der Waals surface area contributed by atoms with Crippen molar-refractivity contribution >= 4 is 6.03 Å². The van der Waals surface area contributed by atoms with Crippen LogP contribution in [0, 0.1) is 6.92 Å². The number of nitrogens with zero attached hydrogens (tertiary/aromatic N) is 4. The predicted octanol–water partition coefficient (Wildman–Crippen LogP) is 5.79. The van der Waals surface area contributed by atoms with E-state index in [1.165, 1.54) is 0 Å². The van der Waals surface area contributed by atoms with Gasteiger partial charge in [0.15, 0.2) is 0 Å². The molecule has 3 aromatic carbocycles. The summed E-state index contributed by atoms with van der Waals surface area (Å²) < 4.78 is 9.51. The zero-order valence-corrected chi connectivity index (χ0v) is 21.4. The minimum atomic E-state index is -0.285. The molecule has 0 spiro atoms. The lowest BCUT2D eigenvalue weighted by Gasteiger charge is -2.31. The van der Waals surface area contributed by atoms with Crippen molar-refractivity contribution in [3.63, 3.8) is 0 Å². The van der Waals surface area contributed by atoms with Crippen LogP contribution < -0.4 is 10.1 Å². The van der Waals surface area contributed by atoms with Crippen molar-refractivity contribution in [3.8, 4) is 17.3 Å². The van der Waals surface area contributed by atoms with Gasteiger partial charge in [-0.15, -0.1) is 0 Å². The summed E-state index contributed by atoms with van der Waals surface area (Å²) in [6.45, 7) is 2.82. The predicted molar refractivity (Wildman–Crippen MR) is 147 cm³/mol. The molecule has 7 nitrogen and oxygen atoms in total. The van der Waals surface area contributed by atoms with Gasteiger partial charge in [0.25, 0.3) is 0 Å². The van der Waals surface area contributed by atoms with Gasteiger partial charge in [-0.25, -0.2) is 9.48 Å². The number of fused-ring (bicyclic) bond motifs is 3. The van der Waals surface area contributed by atoms with E-state index in [9.17, 15) is 4.79 Å². The zero-order valence-electron chi connectivity index (χ0n) is 21.4. The number of hydrogen-bond donors (Lipinski definition) is 1. The number of ether oxygens (including phenoxy) is 1. The first kappa shape index (κ1) is 23.6. The van der Waals surface area contributed by atoms with E-state index in [4.69, 9.17) is 9.84 Å². The highest BCUT2D eigenvalue weighted by atomic mass is 16.5. The minimum Gasteiger partial charge on any atom is -0.497 e. The van der Waals surface area contributed by atoms with Crippen molar-refractivity contribution < 1.29 is 9.53 Å². The highest BCUT2D eigenvalue weighted by molar-refractivity contribution is 5.76. The molecule has 38 heavy (non-hydrogen) atoms. The third-order valence-corrected chi connectivity index (χ3v) is 7.04. The topological polar surface area (TPSA) is 64.3 Å². The summed E-state index contributed by atoms with van der Waals surface area (Å²) in [6, 6.07) is 31.8. The van der Waals surface area contributed by atoms with Crippen LogP contribution in [0.1, 0.15) is 34.1 Å². The molecule has 0 saturated carbocycles. The maximum absolute atomic E-state index is 13.9. The first-order chi connectivity index (χ1) is 18.6. The molecule has 1 atom stereocenters. The van der Waals surface area contributed by atoms with Crippen LogP contribution in [0.4, 0.5) is 4.79 Å². The van der Waals surface area contributed by atoms with E-state index in [2.05, 4.69) is 34.3 Å². The van der Waals surface area contributed by atoms with E-state index in [1.54, 1.807) is 7.11 Å². The number of carbonyl (C=O) groups excluding carboxylic acids is 1. The number of rotatable bonds is 5. The fraction of sp³-hybridized carbons (Fsp3) is 0.161. The van der Waals surface area contributed by atoms with E-state index in [1.807, 2.05) is 95.4 Å². The molecule has 1 aliphatic heterocycles. The molecular weight excluding hydrogens is 474 g/mol. The van der Waals surface area contributed by atoms with Gasteiger partial charge in [-0.05, 0) is 54.4 Å². The van der Waals surface area contributed by atoms with Crippen molar-refractivity contribution in [3.05, 3.63) is 131 Å². The lowest BCUT2D eigenvalue weighted by atomic mass is 10.0. The van der Waals surface area contributed by atoms with Crippen LogP contribution in [-0.4, -0.2) is 32.4 Å². The number of methoxy groups -OCH3 is 1. The quantitative estimate of drug-likeness (QED) is 0.330. The summed E-state index contributed by atoms with van der Waals surface area (Å²) in [7, 11) is 1.64. The molecule has 1 aliphatic rings. The number of hydrogen-bond acceptors (Lipinski definition) is 3. The van der Waals surface area contributed by atoms with Gasteiger partial charge in [-0.1, -0.05) is 60.7 Å². The number of urea groups is 1. The van der Waals surface area contributed by atoms with E-state index >= 15 is 0 Å². The SMILES string of the molecule is COc1cccc(CNC(=O)N2Cc3c(C)nn(-c4ccccc4)c3-n3cccc3[C@H]2c2ccccc2)c1. The number of carbonyl (C=O) groups is 1. The van der Waals surface area contributed by atoms with Crippen LogP contribution in [0.2, 0.25) is 0 Å². The fourth-order valence-corrected chi connectivity index (χ4v) is 5.20. The minimum absolute atomic E-state index is 0.144. The molecule has 0 radical (unpaired) electrons. The molecule has 0 aliphatic carbocycles. The highest BCUT2D eigenvalue weighted by Gasteiger charge is 2.35. The molecule has 0 fully saturated rings. The Bertz CT molecular complexity index is 1570. The van der Waals surface area contributed by atoms with Crippen molar-refractivity contribution in [1.29, 1.82) is 0 Å². The second kappa shape index (κ2) is 9.94. The van der Waals surface area contributed by atoms with Crippen LogP contribution in [0.5, 0.6) is 5.75 Å². The molecule has 5 aromatic rings. The Kier molecular flexibility index (Phi) is 6.17. The number of benzene rings is 3. The number of amides is 2. The first-order valence-electron chi connectivity index (χ1n) is 12.7. The molecule has 7 heteroatoms. The van der Waals surface area contributed by atoms with Crippen LogP contribution >= 0.6 is 0 Å². The number of nitrogens with one attached hydrogen (secondary N) is 1. The molecule has 1 N–H and O–H groups in total. The van der Waals surface area contributed by atoms with Crippen molar-refractivity contribution in [2.45, 2.75) is 26.1 Å². The maximum Gasteiger partial charge on any atom is 0.318 e. The van der Waals surface area contributed by atoms with Gasteiger partial charge < -0.3 is 19.5 Å². The third-order valence-electron chi connectivity index (χ3n) is 7.04. The molecule has 190 valence electrons. The summed E-state index contributed by atoms with van der Waals surface area (Å²) >= 11 is 0. The van der Waals surface area contributed by atoms with Gasteiger partial charge in [0.1, 0.15) is 11.6 Å². The smallest absolute Gasteiger partial charge is 0.318 e. The van der Waals surface area contributed by atoms with Crippen LogP contribution in [0.15, 0.2) is 103 Å². The van der Waals surface area contributed by atoms with Gasteiger partial charge in [-0.3, -0.25) is 0 Å². The van der Waals surface area contributed by atoms with Crippen LogP contribution in [0.25, 0.3) is 11.5 Å². The molecule has 0 unspecified atom stereocenters. The molecular formula is C31H29N5O2. The van der Waals surface area contributed by atoms with Gasteiger partial charge in [0, 0.05) is 18.3 Å². The van der Waals surface area contributed by atoms with Gasteiger partial charge in [-0.2, -0.15) is 5.10 Å². The largest absolute Gasteiger partial charge is 0.497 e. The Hall–Kier alpha value is -4.78. The molecule has 3 heterocycles. The molecule has 2 aromatic heterocycles. The molecule has 6 rings (SSSR count). The van der Waals surface area contributed by atoms with Crippen LogP contribution in [0.3, 0.4) is 0 Å². The first-order valence-corrected chi connectivity index (χ1v) is 12.7. The average molecular weight is 504 g/mol. The highest BCUT2D eigenvalue weighted by Crippen LogP contribution is 2.38. The van der Waals surface area contributed by atoms with Gasteiger partial charge >= 0.3 is 6.03 Å². The summed E-state index contributed by atoms with van der Waals surface area (Å²) in [4.78, 5) is 15.9. The summed E-state index contributed by atoms with van der Waals surface area (Å²) in [6.07, 6.45) is 2.06. The normalized spacial score (nSPS) is 14.4. The van der Waals surface area contributed by atoms with Crippen molar-refractivity contribution in [1.82, 2.24) is 24.6 Å². The van der Waals surface area contributed by atoms with E-state index in [-0.39, 0.29) is 12.1 Å². The Balaban J connectivity index is 1.45. The standard InChI is InChI=1S/C31H29N5O2/c1-22-27-21-35(31(37)32-20-23-11-9-16-26(19-23)38-2)29(24-12-5-3-6-13-24)28-17-10-18-34(28)30(27)36(33-22)25-14-7-4-8-15-25/h3-19,29H,20-21H2,1-2H3,(H,32,37)/t29-/m1/s1. The molecule has 2 amide bonds. The second-order valence-corrected chi connectivity index (χ2v) is 9.39. The van der Waals surface area contributed by atoms with Crippen molar-refractivity contribution in [2.75, 3.05) is 7.11 Å². The summed E-state index contributed by atoms with van der Waals surface area (Å²) in [5.41, 5.74) is 5.91. The Labute approximate surface area is 221 Å². The van der Waals surface area contributed by atoms with Gasteiger partial charge in [0.05, 0.1) is 36.8 Å². The second-order valence-electron chi connectivity index (χ2n) is 9.39. The van der Waals surface area contributed by atoms with Crippen LogP contribution in [-0.2, 0) is 13.1 Å². The number of aromatic nitrogens is 3. The maximum atomic E-state index is 13.9. The number of para-hydroxylation sites is 1. The zero-order chi connectivity index (χ0) is 26.1. The molecule has 0 bridgehead atoms. The lowest BCUT2D eigenvalue weighted by molar-refractivity contribution is 0.180. The average Bonchev–Trinajstić information content (AvgIpc) is 3.53. The Morgan fingerprint density at radius 2 is 1.74 bits per heavy atom. The van der Waals surface area contributed by atoms with E-state index in [0.29, 0.717) is 13.1 Å². The fourth-order valence-electron chi connectivity index (χ4n) is 5.20. The summed E-state index contributed by atoms with van der Waals surface area (Å²) in [5, 5.41) is 8.06. The molecule has 0 saturated heterocycles. The summed E-state index contributed by atoms with van der Waals surface area (Å²) in [5.74, 6) is 1.72.